The number of aromatic nitrogens is 2. The fourth-order valence-corrected chi connectivity index (χ4v) is 3.48. The molecule has 0 saturated heterocycles. The van der Waals surface area contributed by atoms with Crippen LogP contribution in [0, 0.1) is 6.92 Å². The summed E-state index contributed by atoms with van der Waals surface area (Å²) in [6.45, 7) is 1.57. The summed E-state index contributed by atoms with van der Waals surface area (Å²) < 4.78 is 65.6. The number of sulfonamides is 1. The first kappa shape index (κ1) is 25.3. The van der Waals surface area contributed by atoms with Gasteiger partial charge in [-0.2, -0.15) is 23.2 Å². The summed E-state index contributed by atoms with van der Waals surface area (Å²) in [5.74, 6) is -1.12. The van der Waals surface area contributed by atoms with Crippen molar-refractivity contribution < 1.29 is 41.3 Å². The molecule has 1 aromatic heterocycles. The van der Waals surface area contributed by atoms with Gasteiger partial charge in [0.1, 0.15) is 0 Å². The van der Waals surface area contributed by atoms with E-state index in [4.69, 9.17) is 5.11 Å². The first-order valence-electron chi connectivity index (χ1n) is 9.58. The topological polar surface area (TPSA) is 132 Å². The second-order valence-electron chi connectivity index (χ2n) is 6.95. The maximum absolute atomic E-state index is 13.3. The summed E-state index contributed by atoms with van der Waals surface area (Å²) in [5, 5.41) is 12.1. The van der Waals surface area contributed by atoms with Crippen LogP contribution in [0.3, 0.4) is 0 Å². The lowest BCUT2D eigenvalue weighted by Crippen LogP contribution is -2.31. The van der Waals surface area contributed by atoms with Crippen LogP contribution >= 0.6 is 0 Å². The van der Waals surface area contributed by atoms with Crippen molar-refractivity contribution in [3.63, 3.8) is 0 Å². The quantitative estimate of drug-likeness (QED) is 0.286. The third kappa shape index (κ3) is 6.39. The van der Waals surface area contributed by atoms with Crippen molar-refractivity contribution >= 4 is 16.0 Å². The van der Waals surface area contributed by atoms with Crippen molar-refractivity contribution in [1.82, 2.24) is 20.3 Å². The van der Waals surface area contributed by atoms with E-state index >= 15 is 0 Å². The molecule has 10 nitrogen and oxygen atoms in total. The van der Waals surface area contributed by atoms with Crippen LogP contribution in [0.2, 0.25) is 0 Å². The standard InChI is InChI=1S/C20H19F3N4O6S/c1-13-2-4-14(5-3-13)17-12-18(20(21,22)23)24-27(17)15-6-8-16(9-7-15)34(30,31)26-33-25-32-11-10-19(28)29/h2-9,12,25-26H,10-11H2,1H3,(H,28,29). The predicted molar refractivity (Wildman–Crippen MR) is 111 cm³/mol. The Hall–Kier alpha value is -3.30. The lowest BCUT2D eigenvalue weighted by molar-refractivity contribution is -0.191. The molecule has 0 spiro atoms. The SMILES string of the molecule is Cc1ccc(-c2cc(C(F)(F)F)nn2-c2ccc(S(=O)(=O)NONOCCC(=O)O)cc2)cc1. The predicted octanol–water partition coefficient (Wildman–Crippen LogP) is 2.99. The summed E-state index contributed by atoms with van der Waals surface area (Å²) in [5.41, 5.74) is 2.47. The van der Waals surface area contributed by atoms with Crippen molar-refractivity contribution in [3.05, 3.63) is 65.9 Å². The molecule has 14 heteroatoms. The molecule has 0 aliphatic carbocycles. The first-order valence-corrected chi connectivity index (χ1v) is 11.1. The summed E-state index contributed by atoms with van der Waals surface area (Å²) in [6, 6.07) is 12.6. The zero-order valence-electron chi connectivity index (χ0n) is 17.5. The number of alkyl halides is 3. The van der Waals surface area contributed by atoms with Crippen molar-refractivity contribution in [1.29, 1.82) is 0 Å². The minimum atomic E-state index is -4.67. The molecule has 2 aromatic carbocycles. The molecule has 0 aliphatic rings. The van der Waals surface area contributed by atoms with E-state index in [1.165, 1.54) is 12.1 Å². The van der Waals surface area contributed by atoms with Crippen molar-refractivity contribution in [2.45, 2.75) is 24.4 Å². The maximum Gasteiger partial charge on any atom is 0.435 e. The molecule has 0 fully saturated rings. The van der Waals surface area contributed by atoms with Gasteiger partial charge in [-0.15, -0.1) is 0 Å². The molecular weight excluding hydrogens is 481 g/mol. The van der Waals surface area contributed by atoms with Gasteiger partial charge in [0.2, 0.25) is 0 Å². The number of hydrogen-bond acceptors (Lipinski definition) is 7. The second-order valence-corrected chi connectivity index (χ2v) is 8.59. The van der Waals surface area contributed by atoms with E-state index < -0.39 is 27.9 Å². The number of aryl methyl sites for hydroxylation is 1. The van der Waals surface area contributed by atoms with Gasteiger partial charge in [0.05, 0.1) is 29.3 Å². The molecule has 0 aliphatic heterocycles. The number of carboxylic acids is 1. The number of nitrogens with zero attached hydrogens (tertiary/aromatic N) is 2. The van der Waals surface area contributed by atoms with Gasteiger partial charge < -0.3 is 5.11 Å². The first-order chi connectivity index (χ1) is 16.0. The lowest BCUT2D eigenvalue weighted by atomic mass is 10.1. The second kappa shape index (κ2) is 10.3. The summed E-state index contributed by atoms with van der Waals surface area (Å²) >= 11 is 0. The number of aliphatic carboxylic acids is 1. The largest absolute Gasteiger partial charge is 0.481 e. The Bertz CT molecular complexity index is 1240. The van der Waals surface area contributed by atoms with Gasteiger partial charge in [-0.05, 0) is 37.3 Å². The highest BCUT2D eigenvalue weighted by Gasteiger charge is 2.35. The maximum atomic E-state index is 13.3. The van der Waals surface area contributed by atoms with Crippen LogP contribution < -0.4 is 10.5 Å². The Labute approximate surface area is 191 Å². The van der Waals surface area contributed by atoms with Crippen molar-refractivity contribution in [2.24, 2.45) is 0 Å². The van der Waals surface area contributed by atoms with Gasteiger partial charge in [-0.25, -0.2) is 13.1 Å². The van der Waals surface area contributed by atoms with E-state index in [2.05, 4.69) is 14.9 Å². The van der Waals surface area contributed by atoms with E-state index in [9.17, 15) is 26.4 Å². The highest BCUT2D eigenvalue weighted by atomic mass is 32.2. The third-order valence-electron chi connectivity index (χ3n) is 4.41. The molecule has 0 bridgehead atoms. The van der Waals surface area contributed by atoms with E-state index in [0.29, 0.717) is 5.56 Å². The monoisotopic (exact) mass is 500 g/mol. The molecular formula is C20H19F3N4O6S. The van der Waals surface area contributed by atoms with Crippen LogP contribution in [0.1, 0.15) is 17.7 Å². The number of nitrogens with one attached hydrogen (secondary N) is 2. The molecule has 3 N–H and O–H groups in total. The highest BCUT2D eigenvalue weighted by Crippen LogP contribution is 2.33. The Kier molecular flexibility index (Phi) is 7.68. The number of carbonyl (C=O) groups is 1. The van der Waals surface area contributed by atoms with Gasteiger partial charge in [-0.3, -0.25) is 9.63 Å². The molecule has 182 valence electrons. The van der Waals surface area contributed by atoms with Crippen molar-refractivity contribution in [3.8, 4) is 16.9 Å². The van der Waals surface area contributed by atoms with Gasteiger partial charge in [-0.1, -0.05) is 40.4 Å². The van der Waals surface area contributed by atoms with E-state index in [1.807, 2.05) is 6.92 Å². The molecule has 3 rings (SSSR count). The fraction of sp³-hybridized carbons (Fsp3) is 0.200. The average Bonchev–Trinajstić information content (AvgIpc) is 3.23. The zero-order valence-corrected chi connectivity index (χ0v) is 18.4. The minimum absolute atomic E-state index is 0.173. The number of carboxylic acid groups (broad SMARTS) is 1. The van der Waals surface area contributed by atoms with E-state index in [-0.39, 0.29) is 29.3 Å². The molecule has 0 atom stereocenters. The Morgan fingerprint density at radius 1 is 1.12 bits per heavy atom. The lowest BCUT2D eigenvalue weighted by Gasteiger charge is -2.10. The molecule has 1 heterocycles. The van der Waals surface area contributed by atoms with Crippen molar-refractivity contribution in [2.75, 3.05) is 6.61 Å². The summed E-state index contributed by atoms with van der Waals surface area (Å²) in [6.07, 6.45) is -5.01. The molecule has 0 radical (unpaired) electrons. The Balaban J connectivity index is 1.80. The zero-order chi connectivity index (χ0) is 24.9. The van der Waals surface area contributed by atoms with Crippen LogP contribution in [-0.2, 0) is 30.8 Å². The number of rotatable bonds is 10. The van der Waals surface area contributed by atoms with Crippen LogP contribution in [0.25, 0.3) is 16.9 Å². The van der Waals surface area contributed by atoms with Crippen LogP contribution in [0.5, 0.6) is 0 Å². The van der Waals surface area contributed by atoms with Crippen LogP contribution in [-0.4, -0.2) is 35.9 Å². The van der Waals surface area contributed by atoms with Crippen LogP contribution in [0.15, 0.2) is 59.5 Å². The molecule has 34 heavy (non-hydrogen) atoms. The molecule has 0 saturated carbocycles. The molecule has 3 aromatic rings. The fourth-order valence-electron chi connectivity index (χ4n) is 2.74. The van der Waals surface area contributed by atoms with E-state index in [0.717, 1.165) is 28.4 Å². The van der Waals surface area contributed by atoms with E-state index in [1.54, 1.807) is 34.8 Å². The normalized spacial score (nSPS) is 12.1. The molecule has 0 amide bonds. The van der Waals surface area contributed by atoms with Gasteiger partial charge in [0.15, 0.2) is 5.69 Å². The summed E-state index contributed by atoms with van der Waals surface area (Å²) in [7, 11) is -4.19. The smallest absolute Gasteiger partial charge is 0.435 e. The average molecular weight is 500 g/mol. The highest BCUT2D eigenvalue weighted by molar-refractivity contribution is 7.89. The summed E-state index contributed by atoms with van der Waals surface area (Å²) in [4.78, 5) is 20.8. The van der Waals surface area contributed by atoms with Gasteiger partial charge >= 0.3 is 12.1 Å². The Morgan fingerprint density at radius 2 is 1.76 bits per heavy atom. The molecule has 0 unspecified atom stereocenters. The third-order valence-corrected chi connectivity index (χ3v) is 5.60. The number of hydrogen-bond donors (Lipinski definition) is 3. The Morgan fingerprint density at radius 3 is 2.35 bits per heavy atom. The number of benzene rings is 2. The van der Waals surface area contributed by atoms with Gasteiger partial charge in [0.25, 0.3) is 10.0 Å². The van der Waals surface area contributed by atoms with Crippen LogP contribution in [0.4, 0.5) is 13.2 Å². The number of halogens is 3. The van der Waals surface area contributed by atoms with Gasteiger partial charge in [0, 0.05) is 5.56 Å². The minimum Gasteiger partial charge on any atom is -0.481 e.